The predicted octanol–water partition coefficient (Wildman–Crippen LogP) is 3.65. The molecule has 0 aliphatic carbocycles. The summed E-state index contributed by atoms with van der Waals surface area (Å²) in [6, 6.07) is 5.02. The van der Waals surface area contributed by atoms with Gasteiger partial charge in [-0.1, -0.05) is 12.1 Å². The van der Waals surface area contributed by atoms with Crippen LogP contribution < -0.4 is 10.9 Å². The Bertz CT molecular complexity index is 1330. The molecule has 35 heavy (non-hydrogen) atoms. The number of rotatable bonds is 4. The highest BCUT2D eigenvalue weighted by molar-refractivity contribution is 5.88. The summed E-state index contributed by atoms with van der Waals surface area (Å²) in [4.78, 5) is 37.0. The quantitative estimate of drug-likeness (QED) is 0.516. The summed E-state index contributed by atoms with van der Waals surface area (Å²) < 4.78 is 40.1. The molecule has 3 aromatic rings. The molecule has 2 aromatic heterocycles. The van der Waals surface area contributed by atoms with E-state index in [0.717, 1.165) is 6.07 Å². The van der Waals surface area contributed by atoms with Crippen LogP contribution in [0.2, 0.25) is 0 Å². The smallest absolute Gasteiger partial charge is 0.384 e. The SMILES string of the molecule is CC(=O)N1CCC(O)(c2cc3c(N[C@H](C)c4cccc(C(F)(F)F)c4C)ncnc3c(=O)[nH]2)CC1. The van der Waals surface area contributed by atoms with Crippen molar-refractivity contribution in [2.45, 2.75) is 51.4 Å². The average Bonchev–Trinajstić information content (AvgIpc) is 2.79. The molecule has 0 spiro atoms. The second-order valence-corrected chi connectivity index (χ2v) is 8.92. The zero-order valence-corrected chi connectivity index (χ0v) is 19.5. The number of likely N-dealkylation sites (tertiary alicyclic amines) is 1. The molecule has 0 unspecified atom stereocenters. The third-order valence-electron chi connectivity index (χ3n) is 6.67. The number of nitrogens with zero attached hydrogens (tertiary/aromatic N) is 3. The van der Waals surface area contributed by atoms with Crippen molar-refractivity contribution in [2.75, 3.05) is 18.4 Å². The van der Waals surface area contributed by atoms with Crippen molar-refractivity contribution in [2.24, 2.45) is 0 Å². The minimum atomic E-state index is -4.48. The Morgan fingerprint density at radius 2 is 1.94 bits per heavy atom. The van der Waals surface area contributed by atoms with E-state index in [0.29, 0.717) is 24.0 Å². The average molecular weight is 489 g/mol. The van der Waals surface area contributed by atoms with E-state index in [2.05, 4.69) is 20.3 Å². The van der Waals surface area contributed by atoms with Gasteiger partial charge in [0.25, 0.3) is 5.56 Å². The minimum absolute atomic E-state index is 0.0854. The third-order valence-corrected chi connectivity index (χ3v) is 6.67. The van der Waals surface area contributed by atoms with Gasteiger partial charge in [0.15, 0.2) is 0 Å². The number of carbonyl (C=O) groups is 1. The highest BCUT2D eigenvalue weighted by atomic mass is 19.4. The van der Waals surface area contributed by atoms with Gasteiger partial charge in [-0.05, 0) is 49.9 Å². The van der Waals surface area contributed by atoms with Gasteiger partial charge in [-0.25, -0.2) is 9.97 Å². The van der Waals surface area contributed by atoms with Gasteiger partial charge < -0.3 is 20.3 Å². The summed E-state index contributed by atoms with van der Waals surface area (Å²) in [5.41, 5.74) is -1.68. The summed E-state index contributed by atoms with van der Waals surface area (Å²) >= 11 is 0. The van der Waals surface area contributed by atoms with E-state index in [1.807, 2.05) is 0 Å². The van der Waals surface area contributed by atoms with Crippen molar-refractivity contribution in [1.82, 2.24) is 19.9 Å². The van der Waals surface area contributed by atoms with Crippen LogP contribution in [0.3, 0.4) is 0 Å². The number of aliphatic hydroxyl groups is 1. The van der Waals surface area contributed by atoms with E-state index in [-0.39, 0.29) is 41.3 Å². The first-order valence-electron chi connectivity index (χ1n) is 11.2. The molecule has 4 rings (SSSR count). The fraction of sp³-hybridized carbons (Fsp3) is 0.417. The summed E-state index contributed by atoms with van der Waals surface area (Å²) in [5.74, 6) is 0.175. The van der Waals surface area contributed by atoms with Crippen LogP contribution in [0.4, 0.5) is 19.0 Å². The van der Waals surface area contributed by atoms with Gasteiger partial charge in [0.2, 0.25) is 5.91 Å². The minimum Gasteiger partial charge on any atom is -0.384 e. The topological polar surface area (TPSA) is 111 Å². The number of nitrogens with one attached hydrogen (secondary N) is 2. The number of H-pyrrole nitrogens is 1. The molecule has 1 aliphatic rings. The fourth-order valence-electron chi connectivity index (χ4n) is 4.61. The molecule has 8 nitrogen and oxygen atoms in total. The molecule has 186 valence electrons. The van der Waals surface area contributed by atoms with Gasteiger partial charge in [-0.3, -0.25) is 9.59 Å². The highest BCUT2D eigenvalue weighted by Crippen LogP contribution is 2.36. The van der Waals surface area contributed by atoms with Gasteiger partial charge in [0.05, 0.1) is 22.7 Å². The van der Waals surface area contributed by atoms with Crippen molar-refractivity contribution in [3.8, 4) is 0 Å². The number of halogens is 3. The number of benzene rings is 1. The van der Waals surface area contributed by atoms with Crippen LogP contribution in [0.5, 0.6) is 0 Å². The maximum absolute atomic E-state index is 13.4. The van der Waals surface area contributed by atoms with Crippen LogP contribution in [0, 0.1) is 6.92 Å². The number of hydrogen-bond acceptors (Lipinski definition) is 6. The van der Waals surface area contributed by atoms with E-state index >= 15 is 0 Å². The highest BCUT2D eigenvalue weighted by Gasteiger charge is 2.36. The van der Waals surface area contributed by atoms with Crippen molar-refractivity contribution in [3.63, 3.8) is 0 Å². The summed E-state index contributed by atoms with van der Waals surface area (Å²) in [6.45, 7) is 5.27. The number of amides is 1. The lowest BCUT2D eigenvalue weighted by Crippen LogP contribution is -2.45. The molecule has 1 fully saturated rings. The first-order chi connectivity index (χ1) is 16.4. The monoisotopic (exact) mass is 489 g/mol. The molecule has 1 aromatic carbocycles. The first-order valence-corrected chi connectivity index (χ1v) is 11.2. The Morgan fingerprint density at radius 1 is 1.26 bits per heavy atom. The Labute approximate surface area is 199 Å². The van der Waals surface area contributed by atoms with Crippen LogP contribution in [0.1, 0.15) is 55.1 Å². The maximum atomic E-state index is 13.4. The lowest BCUT2D eigenvalue weighted by molar-refractivity contribution is -0.138. The summed E-state index contributed by atoms with van der Waals surface area (Å²) in [7, 11) is 0. The maximum Gasteiger partial charge on any atom is 0.416 e. The number of aromatic nitrogens is 3. The number of fused-ring (bicyclic) bond motifs is 1. The van der Waals surface area contributed by atoms with Crippen molar-refractivity contribution in [3.05, 3.63) is 63.3 Å². The van der Waals surface area contributed by atoms with Crippen LogP contribution in [-0.2, 0) is 16.6 Å². The fourth-order valence-corrected chi connectivity index (χ4v) is 4.61. The van der Waals surface area contributed by atoms with Crippen molar-refractivity contribution < 1.29 is 23.1 Å². The van der Waals surface area contributed by atoms with E-state index in [9.17, 15) is 27.9 Å². The molecular weight excluding hydrogens is 463 g/mol. The van der Waals surface area contributed by atoms with Crippen LogP contribution in [0.25, 0.3) is 10.9 Å². The predicted molar refractivity (Wildman–Crippen MR) is 124 cm³/mol. The second-order valence-electron chi connectivity index (χ2n) is 8.92. The van der Waals surface area contributed by atoms with Gasteiger partial charge in [-0.15, -0.1) is 0 Å². The summed E-state index contributed by atoms with van der Waals surface area (Å²) in [6.07, 6.45) is -2.79. The number of alkyl halides is 3. The molecule has 1 atom stereocenters. The Kier molecular flexibility index (Phi) is 6.31. The number of piperidine rings is 1. The summed E-state index contributed by atoms with van der Waals surface area (Å²) in [5, 5.41) is 14.7. The van der Waals surface area contributed by atoms with E-state index in [1.54, 1.807) is 24.0 Å². The normalized spacial score (nSPS) is 16.8. The van der Waals surface area contributed by atoms with Crippen LogP contribution in [0.15, 0.2) is 35.4 Å². The van der Waals surface area contributed by atoms with E-state index in [1.165, 1.54) is 26.2 Å². The van der Waals surface area contributed by atoms with Gasteiger partial charge in [-0.2, -0.15) is 13.2 Å². The van der Waals surface area contributed by atoms with Crippen LogP contribution >= 0.6 is 0 Å². The van der Waals surface area contributed by atoms with E-state index in [4.69, 9.17) is 0 Å². The third kappa shape index (κ3) is 4.72. The number of pyridine rings is 1. The molecule has 11 heteroatoms. The van der Waals surface area contributed by atoms with E-state index < -0.39 is 28.9 Å². The molecule has 1 saturated heterocycles. The zero-order chi connectivity index (χ0) is 25.5. The number of anilines is 1. The molecule has 3 heterocycles. The zero-order valence-electron chi connectivity index (χ0n) is 19.5. The Balaban J connectivity index is 1.70. The lowest BCUT2D eigenvalue weighted by Gasteiger charge is -2.37. The first kappa shape index (κ1) is 24.6. The number of aromatic amines is 1. The lowest BCUT2D eigenvalue weighted by atomic mass is 9.87. The molecule has 0 bridgehead atoms. The van der Waals surface area contributed by atoms with Gasteiger partial charge in [0.1, 0.15) is 23.3 Å². The number of carbonyl (C=O) groups excluding carboxylic acids is 1. The molecule has 1 amide bonds. The van der Waals surface area contributed by atoms with Crippen LogP contribution in [-0.4, -0.2) is 44.0 Å². The molecular formula is C24H26F3N5O3. The second kappa shape index (κ2) is 8.95. The molecule has 0 saturated carbocycles. The molecule has 3 N–H and O–H groups in total. The number of hydrogen-bond donors (Lipinski definition) is 3. The molecule has 1 aliphatic heterocycles. The standard InChI is InChI=1S/C24H26F3N5O3/c1-13-16(5-4-6-18(13)24(25,26)27)14(2)30-21-17-11-19(31-22(34)20(17)28-12-29-21)23(35)7-9-32(10-8-23)15(3)33/h4-6,11-12,14,35H,7-10H2,1-3H3,(H,31,34)(H,28,29,30)/t14-/m1/s1. The van der Waals surface area contributed by atoms with Crippen molar-refractivity contribution >= 4 is 22.6 Å². The Hall–Kier alpha value is -3.47. The van der Waals surface area contributed by atoms with Gasteiger partial charge >= 0.3 is 6.18 Å². The van der Waals surface area contributed by atoms with Crippen molar-refractivity contribution in [1.29, 1.82) is 0 Å². The molecule has 0 radical (unpaired) electrons. The largest absolute Gasteiger partial charge is 0.416 e. The Morgan fingerprint density at radius 3 is 2.57 bits per heavy atom. The van der Waals surface area contributed by atoms with Gasteiger partial charge in [0, 0.05) is 20.0 Å².